The van der Waals surface area contributed by atoms with E-state index in [9.17, 15) is 14.4 Å². The van der Waals surface area contributed by atoms with Crippen LogP contribution in [0.5, 0.6) is 0 Å². The van der Waals surface area contributed by atoms with Crippen LogP contribution in [-0.2, 0) is 16.5 Å². The molecule has 1 N–H and O–H groups in total. The molecule has 0 radical (unpaired) electrons. The number of carbonyl (C=O) groups excluding carboxylic acids is 3. The number of aromatic nitrogens is 4. The van der Waals surface area contributed by atoms with Crippen molar-refractivity contribution in [1.29, 1.82) is 0 Å². The van der Waals surface area contributed by atoms with Crippen molar-refractivity contribution in [2.24, 2.45) is 7.05 Å². The Labute approximate surface area is 167 Å². The predicted molar refractivity (Wildman–Crippen MR) is 104 cm³/mol. The van der Waals surface area contributed by atoms with Crippen molar-refractivity contribution in [3.05, 3.63) is 46.0 Å². The van der Waals surface area contributed by atoms with Gasteiger partial charge >= 0.3 is 11.9 Å². The van der Waals surface area contributed by atoms with E-state index in [1.807, 2.05) is 6.92 Å². The van der Waals surface area contributed by atoms with E-state index < -0.39 is 23.8 Å². The number of ketones is 1. The van der Waals surface area contributed by atoms with Crippen molar-refractivity contribution in [3.8, 4) is 0 Å². The molecule has 0 bridgehead atoms. The Morgan fingerprint density at radius 2 is 1.86 bits per heavy atom. The zero-order chi connectivity index (χ0) is 21.5. The van der Waals surface area contributed by atoms with Crippen molar-refractivity contribution < 1.29 is 23.9 Å². The maximum absolute atomic E-state index is 12.8. The molecule has 0 saturated heterocycles. The minimum atomic E-state index is -1.06. The fourth-order valence-corrected chi connectivity index (χ4v) is 3.31. The number of hydrogen-bond acceptors (Lipinski definition) is 7. The summed E-state index contributed by atoms with van der Waals surface area (Å²) in [6, 6.07) is 1.64. The number of pyridine rings is 1. The van der Waals surface area contributed by atoms with Gasteiger partial charge in [-0.15, -0.1) is 0 Å². The quantitative estimate of drug-likeness (QED) is 0.518. The largest absolute Gasteiger partial charge is 0.465 e. The fourth-order valence-electron chi connectivity index (χ4n) is 3.31. The molecular formula is C20H22N4O5. The minimum absolute atomic E-state index is 0.208. The van der Waals surface area contributed by atoms with Gasteiger partial charge < -0.3 is 14.5 Å². The lowest BCUT2D eigenvalue weighted by molar-refractivity contribution is 0.0316. The molecule has 0 amide bonds. The molecule has 1 atom stereocenters. The number of nitrogens with one attached hydrogen (secondary N) is 1. The maximum atomic E-state index is 12.8. The Morgan fingerprint density at radius 3 is 2.52 bits per heavy atom. The number of rotatable bonds is 5. The molecule has 152 valence electrons. The van der Waals surface area contributed by atoms with Crippen LogP contribution in [0.25, 0.3) is 11.0 Å². The Kier molecular flexibility index (Phi) is 5.23. The molecular weight excluding hydrogens is 376 g/mol. The van der Waals surface area contributed by atoms with Crippen LogP contribution in [0, 0.1) is 20.8 Å². The first-order chi connectivity index (χ1) is 13.6. The number of carbonyl (C=O) groups is 3. The number of esters is 2. The summed E-state index contributed by atoms with van der Waals surface area (Å²) in [7, 11) is 3.04. The van der Waals surface area contributed by atoms with Crippen molar-refractivity contribution in [3.63, 3.8) is 0 Å². The second-order valence-corrected chi connectivity index (χ2v) is 6.83. The number of Topliss-reactive ketones (excluding diaryl/α,β-unsaturated/α-hetero) is 1. The molecule has 3 rings (SSSR count). The van der Waals surface area contributed by atoms with Gasteiger partial charge in [-0.1, -0.05) is 0 Å². The molecule has 0 aliphatic carbocycles. The molecule has 0 aromatic carbocycles. The van der Waals surface area contributed by atoms with E-state index in [4.69, 9.17) is 9.47 Å². The average molecular weight is 398 g/mol. The Morgan fingerprint density at radius 1 is 1.17 bits per heavy atom. The first-order valence-corrected chi connectivity index (χ1v) is 8.97. The number of fused-ring (bicyclic) bond motifs is 1. The summed E-state index contributed by atoms with van der Waals surface area (Å²) in [6.45, 7) is 6.61. The van der Waals surface area contributed by atoms with Gasteiger partial charge in [-0.25, -0.2) is 14.6 Å². The summed E-state index contributed by atoms with van der Waals surface area (Å²) in [4.78, 5) is 44.4. The summed E-state index contributed by atoms with van der Waals surface area (Å²) in [5.41, 5.74) is 3.09. The van der Waals surface area contributed by atoms with Gasteiger partial charge in [-0.2, -0.15) is 5.10 Å². The van der Waals surface area contributed by atoms with E-state index in [0.717, 1.165) is 11.1 Å². The highest BCUT2D eigenvalue weighted by Gasteiger charge is 2.28. The number of aromatic amines is 1. The highest BCUT2D eigenvalue weighted by atomic mass is 16.5. The topological polar surface area (TPSA) is 116 Å². The van der Waals surface area contributed by atoms with Gasteiger partial charge in [0.25, 0.3) is 0 Å². The molecule has 29 heavy (non-hydrogen) atoms. The first kappa shape index (κ1) is 20.2. The highest BCUT2D eigenvalue weighted by Crippen LogP contribution is 2.22. The molecule has 3 aromatic heterocycles. The second-order valence-electron chi connectivity index (χ2n) is 6.83. The van der Waals surface area contributed by atoms with E-state index in [1.54, 1.807) is 31.6 Å². The van der Waals surface area contributed by atoms with Crippen LogP contribution in [0.1, 0.15) is 55.1 Å². The van der Waals surface area contributed by atoms with E-state index in [1.165, 1.54) is 20.2 Å². The number of nitrogens with zero attached hydrogens (tertiary/aromatic N) is 3. The molecule has 0 aliphatic rings. The molecule has 3 heterocycles. The molecule has 3 aromatic rings. The van der Waals surface area contributed by atoms with Gasteiger partial charge in [0.1, 0.15) is 0 Å². The smallest absolute Gasteiger partial charge is 0.340 e. The molecule has 0 spiro atoms. The van der Waals surface area contributed by atoms with Gasteiger partial charge in [0.2, 0.25) is 5.78 Å². The van der Waals surface area contributed by atoms with Crippen LogP contribution in [0.15, 0.2) is 12.3 Å². The lowest BCUT2D eigenvalue weighted by Crippen LogP contribution is -2.25. The Hall–Kier alpha value is -3.49. The third kappa shape index (κ3) is 3.51. The predicted octanol–water partition coefficient (Wildman–Crippen LogP) is 2.44. The standard InChI is InChI=1S/C20H22N4O5/c1-9-15(20(27)28-6)11(3)22-16(9)17(25)12(4)29-19(26)13-7-14-10(2)23-24(5)18(14)21-8-13/h7-8,12,22H,1-6H3. The van der Waals surface area contributed by atoms with E-state index in [0.29, 0.717) is 22.5 Å². The van der Waals surface area contributed by atoms with Crippen LogP contribution in [-0.4, -0.2) is 50.7 Å². The summed E-state index contributed by atoms with van der Waals surface area (Å²) in [5, 5.41) is 5.00. The third-order valence-corrected chi connectivity index (χ3v) is 4.83. The van der Waals surface area contributed by atoms with E-state index in [-0.39, 0.29) is 11.3 Å². The van der Waals surface area contributed by atoms with E-state index >= 15 is 0 Å². The summed E-state index contributed by atoms with van der Waals surface area (Å²) >= 11 is 0. The number of H-pyrrole nitrogens is 1. The van der Waals surface area contributed by atoms with E-state index in [2.05, 4.69) is 15.1 Å². The third-order valence-electron chi connectivity index (χ3n) is 4.83. The average Bonchev–Trinajstić information content (AvgIpc) is 3.15. The summed E-state index contributed by atoms with van der Waals surface area (Å²) in [6.07, 6.45) is 0.331. The lowest BCUT2D eigenvalue weighted by atomic mass is 10.1. The maximum Gasteiger partial charge on any atom is 0.340 e. The molecule has 9 nitrogen and oxygen atoms in total. The normalized spacial score (nSPS) is 12.1. The zero-order valence-electron chi connectivity index (χ0n) is 17.1. The number of ether oxygens (including phenoxy) is 2. The van der Waals surface area contributed by atoms with Crippen molar-refractivity contribution in [2.45, 2.75) is 33.8 Å². The molecule has 9 heteroatoms. The van der Waals surface area contributed by atoms with Crippen LogP contribution in [0.4, 0.5) is 0 Å². The number of methoxy groups -OCH3 is 1. The Bertz CT molecular complexity index is 1140. The zero-order valence-corrected chi connectivity index (χ0v) is 17.1. The van der Waals surface area contributed by atoms with Gasteiger partial charge in [0.15, 0.2) is 11.8 Å². The first-order valence-electron chi connectivity index (χ1n) is 8.97. The number of hydrogen-bond donors (Lipinski definition) is 1. The lowest BCUT2D eigenvalue weighted by Gasteiger charge is -2.12. The van der Waals surface area contributed by atoms with Gasteiger partial charge in [-0.05, 0) is 39.3 Å². The van der Waals surface area contributed by atoms with Gasteiger partial charge in [-0.3, -0.25) is 9.48 Å². The Balaban J connectivity index is 1.82. The van der Waals surface area contributed by atoms with Crippen molar-refractivity contribution in [1.82, 2.24) is 19.7 Å². The van der Waals surface area contributed by atoms with Crippen molar-refractivity contribution >= 4 is 28.8 Å². The van der Waals surface area contributed by atoms with Crippen LogP contribution in [0.2, 0.25) is 0 Å². The molecule has 1 unspecified atom stereocenters. The van der Waals surface area contributed by atoms with Gasteiger partial charge in [0, 0.05) is 24.3 Å². The van der Waals surface area contributed by atoms with Gasteiger partial charge in [0.05, 0.1) is 29.6 Å². The van der Waals surface area contributed by atoms with Crippen LogP contribution < -0.4 is 0 Å². The summed E-state index contributed by atoms with van der Waals surface area (Å²) < 4.78 is 11.7. The number of aryl methyl sites for hydroxylation is 3. The second kappa shape index (κ2) is 7.50. The fraction of sp³-hybridized carbons (Fsp3) is 0.350. The SMILES string of the molecule is COC(=O)c1c(C)[nH]c(C(=O)C(C)OC(=O)c2cnc3c(c2)c(C)nn3C)c1C. The minimum Gasteiger partial charge on any atom is -0.465 e. The monoisotopic (exact) mass is 398 g/mol. The highest BCUT2D eigenvalue weighted by molar-refractivity contribution is 6.04. The molecule has 0 saturated carbocycles. The van der Waals surface area contributed by atoms with Crippen molar-refractivity contribution in [2.75, 3.05) is 7.11 Å². The van der Waals surface area contributed by atoms with Crippen LogP contribution in [0.3, 0.4) is 0 Å². The molecule has 0 aliphatic heterocycles. The summed E-state index contributed by atoms with van der Waals surface area (Å²) in [5.74, 6) is -1.65. The molecule has 0 fully saturated rings. The van der Waals surface area contributed by atoms with Crippen LogP contribution >= 0.6 is 0 Å².